The smallest absolute Gasteiger partial charge is 0.323 e. The van der Waals surface area contributed by atoms with E-state index in [1.165, 1.54) is 0 Å². The molecule has 0 spiro atoms. The van der Waals surface area contributed by atoms with Gasteiger partial charge in [-0.05, 0) is 23.6 Å². The van der Waals surface area contributed by atoms with E-state index in [-0.39, 0.29) is 18.5 Å². The molecule has 0 saturated carbocycles. The van der Waals surface area contributed by atoms with Crippen molar-refractivity contribution in [2.45, 2.75) is 26.5 Å². The second-order valence-electron chi connectivity index (χ2n) is 4.00. The molecule has 4 heteroatoms. The normalized spacial score (nSPS) is 12.6. The van der Waals surface area contributed by atoms with Gasteiger partial charge >= 0.3 is 5.97 Å². The van der Waals surface area contributed by atoms with Gasteiger partial charge in [0.25, 0.3) is 0 Å². The van der Waals surface area contributed by atoms with Crippen LogP contribution in [-0.2, 0) is 16.1 Å². The van der Waals surface area contributed by atoms with Crippen molar-refractivity contribution in [1.29, 1.82) is 0 Å². The lowest BCUT2D eigenvalue weighted by molar-refractivity contribution is -0.147. The van der Waals surface area contributed by atoms with E-state index < -0.39 is 6.04 Å². The van der Waals surface area contributed by atoms with E-state index in [0.717, 1.165) is 5.56 Å². The van der Waals surface area contributed by atoms with Crippen molar-refractivity contribution < 1.29 is 9.53 Å². The molecule has 1 unspecified atom stereocenters. The Morgan fingerprint density at radius 3 is 2.44 bits per heavy atom. The fourth-order valence-corrected chi connectivity index (χ4v) is 1.23. The zero-order valence-electron chi connectivity index (χ0n) is 9.44. The molecule has 0 heterocycles. The number of rotatable bonds is 4. The van der Waals surface area contributed by atoms with E-state index in [2.05, 4.69) is 0 Å². The van der Waals surface area contributed by atoms with E-state index in [0.29, 0.717) is 5.02 Å². The fourth-order valence-electron chi connectivity index (χ4n) is 1.10. The van der Waals surface area contributed by atoms with Crippen LogP contribution in [0.3, 0.4) is 0 Å². The number of esters is 1. The van der Waals surface area contributed by atoms with Gasteiger partial charge in [0.2, 0.25) is 0 Å². The summed E-state index contributed by atoms with van der Waals surface area (Å²) >= 11 is 5.74. The van der Waals surface area contributed by atoms with Crippen LogP contribution in [0.1, 0.15) is 19.4 Å². The van der Waals surface area contributed by atoms with Gasteiger partial charge in [-0.2, -0.15) is 0 Å². The molecular weight excluding hydrogens is 226 g/mol. The molecule has 0 fully saturated rings. The molecular formula is C12H16ClNO2. The molecule has 0 amide bonds. The van der Waals surface area contributed by atoms with Crippen molar-refractivity contribution in [2.75, 3.05) is 0 Å². The number of carbonyl (C=O) groups excluding carboxylic acids is 1. The molecule has 1 atom stereocenters. The molecule has 0 radical (unpaired) electrons. The largest absolute Gasteiger partial charge is 0.460 e. The molecule has 0 aliphatic rings. The van der Waals surface area contributed by atoms with Gasteiger partial charge < -0.3 is 10.5 Å². The van der Waals surface area contributed by atoms with Crippen LogP contribution in [0.2, 0.25) is 5.02 Å². The molecule has 1 aromatic rings. The Hall–Kier alpha value is -1.06. The molecule has 0 aliphatic heterocycles. The summed E-state index contributed by atoms with van der Waals surface area (Å²) in [5.41, 5.74) is 6.55. The van der Waals surface area contributed by atoms with Crippen molar-refractivity contribution in [3.63, 3.8) is 0 Å². The highest BCUT2D eigenvalue weighted by Crippen LogP contribution is 2.11. The monoisotopic (exact) mass is 241 g/mol. The Bertz CT molecular complexity index is 349. The Labute approximate surface area is 101 Å². The van der Waals surface area contributed by atoms with Gasteiger partial charge in [0.05, 0.1) is 0 Å². The lowest BCUT2D eigenvalue weighted by Crippen LogP contribution is -2.36. The number of hydrogen-bond acceptors (Lipinski definition) is 3. The lowest BCUT2D eigenvalue weighted by Gasteiger charge is -2.14. The first-order valence-corrected chi connectivity index (χ1v) is 5.55. The minimum Gasteiger partial charge on any atom is -0.460 e. The zero-order chi connectivity index (χ0) is 12.1. The van der Waals surface area contributed by atoms with Gasteiger partial charge in [-0.25, -0.2) is 0 Å². The molecule has 3 nitrogen and oxygen atoms in total. The van der Waals surface area contributed by atoms with Crippen molar-refractivity contribution in [1.82, 2.24) is 0 Å². The van der Waals surface area contributed by atoms with Crippen LogP contribution in [0.5, 0.6) is 0 Å². The predicted molar refractivity (Wildman–Crippen MR) is 64.1 cm³/mol. The highest BCUT2D eigenvalue weighted by atomic mass is 35.5. The van der Waals surface area contributed by atoms with E-state index in [4.69, 9.17) is 22.1 Å². The number of ether oxygens (including phenoxy) is 1. The quantitative estimate of drug-likeness (QED) is 0.824. The molecule has 1 rings (SSSR count). The topological polar surface area (TPSA) is 52.3 Å². The minimum absolute atomic E-state index is 0.0812. The van der Waals surface area contributed by atoms with Crippen LogP contribution in [0.25, 0.3) is 0 Å². The summed E-state index contributed by atoms with van der Waals surface area (Å²) < 4.78 is 5.08. The average molecular weight is 242 g/mol. The summed E-state index contributed by atoms with van der Waals surface area (Å²) in [6, 6.07) is 6.58. The third-order valence-corrected chi connectivity index (χ3v) is 2.54. The Morgan fingerprint density at radius 1 is 1.38 bits per heavy atom. The first-order valence-electron chi connectivity index (χ1n) is 5.17. The third kappa shape index (κ3) is 3.83. The standard InChI is InChI=1S/C12H16ClNO2/c1-8(2)11(14)12(15)16-7-9-3-5-10(13)6-4-9/h3-6,8,11H,7,14H2,1-2H3. The maximum absolute atomic E-state index is 11.5. The van der Waals surface area contributed by atoms with Gasteiger partial charge in [-0.15, -0.1) is 0 Å². The van der Waals surface area contributed by atoms with Crippen molar-refractivity contribution >= 4 is 17.6 Å². The summed E-state index contributed by atoms with van der Waals surface area (Å²) in [4.78, 5) is 11.5. The second kappa shape index (κ2) is 5.87. The van der Waals surface area contributed by atoms with Gasteiger partial charge in [-0.3, -0.25) is 4.79 Å². The number of benzene rings is 1. The van der Waals surface area contributed by atoms with E-state index in [1.54, 1.807) is 12.1 Å². The zero-order valence-corrected chi connectivity index (χ0v) is 10.2. The summed E-state index contributed by atoms with van der Waals surface area (Å²) in [5, 5.41) is 0.661. The molecule has 88 valence electrons. The number of nitrogens with two attached hydrogens (primary N) is 1. The predicted octanol–water partition coefficient (Wildman–Crippen LogP) is 2.37. The van der Waals surface area contributed by atoms with E-state index >= 15 is 0 Å². The van der Waals surface area contributed by atoms with E-state index in [1.807, 2.05) is 26.0 Å². The SMILES string of the molecule is CC(C)C(N)C(=O)OCc1ccc(Cl)cc1. The van der Waals surface area contributed by atoms with Crippen LogP contribution in [0.4, 0.5) is 0 Å². The Balaban J connectivity index is 2.46. The van der Waals surface area contributed by atoms with Crippen molar-refractivity contribution in [2.24, 2.45) is 11.7 Å². The average Bonchev–Trinajstić information content (AvgIpc) is 2.26. The van der Waals surface area contributed by atoms with Gasteiger partial charge in [0.15, 0.2) is 0 Å². The molecule has 0 saturated heterocycles. The Morgan fingerprint density at radius 2 is 1.94 bits per heavy atom. The van der Waals surface area contributed by atoms with Crippen molar-refractivity contribution in [3.05, 3.63) is 34.9 Å². The van der Waals surface area contributed by atoms with Crippen LogP contribution in [-0.4, -0.2) is 12.0 Å². The second-order valence-corrected chi connectivity index (χ2v) is 4.44. The molecule has 0 aliphatic carbocycles. The fraction of sp³-hybridized carbons (Fsp3) is 0.417. The summed E-state index contributed by atoms with van der Waals surface area (Å²) in [6.07, 6.45) is 0. The number of hydrogen-bond donors (Lipinski definition) is 1. The summed E-state index contributed by atoms with van der Waals surface area (Å²) in [5.74, 6) is -0.289. The maximum atomic E-state index is 11.5. The highest BCUT2D eigenvalue weighted by Gasteiger charge is 2.18. The highest BCUT2D eigenvalue weighted by molar-refractivity contribution is 6.30. The summed E-state index contributed by atoms with van der Waals surface area (Å²) in [7, 11) is 0. The summed E-state index contributed by atoms with van der Waals surface area (Å²) in [6.45, 7) is 4.00. The van der Waals surface area contributed by atoms with Gasteiger partial charge in [-0.1, -0.05) is 37.6 Å². The van der Waals surface area contributed by atoms with Gasteiger partial charge in [0.1, 0.15) is 12.6 Å². The molecule has 1 aromatic carbocycles. The van der Waals surface area contributed by atoms with Crippen LogP contribution >= 0.6 is 11.6 Å². The number of carbonyl (C=O) groups is 1. The van der Waals surface area contributed by atoms with Gasteiger partial charge in [0, 0.05) is 5.02 Å². The van der Waals surface area contributed by atoms with Crippen LogP contribution < -0.4 is 5.73 Å². The molecule has 2 N–H and O–H groups in total. The first-order chi connectivity index (χ1) is 7.50. The Kier molecular flexibility index (Phi) is 4.77. The lowest BCUT2D eigenvalue weighted by atomic mass is 10.1. The molecule has 0 bridgehead atoms. The van der Waals surface area contributed by atoms with Crippen LogP contribution in [0, 0.1) is 5.92 Å². The van der Waals surface area contributed by atoms with E-state index in [9.17, 15) is 4.79 Å². The minimum atomic E-state index is -0.563. The maximum Gasteiger partial charge on any atom is 0.323 e. The number of halogens is 1. The van der Waals surface area contributed by atoms with Crippen molar-refractivity contribution in [3.8, 4) is 0 Å². The molecule has 0 aromatic heterocycles. The first kappa shape index (κ1) is 13.0. The third-order valence-electron chi connectivity index (χ3n) is 2.28. The molecule has 16 heavy (non-hydrogen) atoms. The van der Waals surface area contributed by atoms with Crippen LogP contribution in [0.15, 0.2) is 24.3 Å².